The summed E-state index contributed by atoms with van der Waals surface area (Å²) in [5, 5.41) is 5.13. The van der Waals surface area contributed by atoms with Gasteiger partial charge in [-0.2, -0.15) is 5.10 Å². The number of hydrogen-bond donors (Lipinski definition) is 2. The van der Waals surface area contributed by atoms with Crippen LogP contribution in [-0.2, 0) is 0 Å². The van der Waals surface area contributed by atoms with Gasteiger partial charge < -0.3 is 19.4 Å². The molecule has 0 spiro atoms. The molecule has 0 saturated carbocycles. The number of benzene rings is 4. The number of ether oxygens (including phenoxy) is 2. The molecule has 2 N–H and O–H groups in total. The molecule has 212 valence electrons. The number of nitrogens with one attached hydrogen (secondary N) is 2. The van der Waals surface area contributed by atoms with Crippen LogP contribution in [0.5, 0.6) is 11.5 Å². The maximum absolute atomic E-state index is 13.5. The minimum Gasteiger partial charge on any atom is -0.497 e. The topological polar surface area (TPSA) is 96.0 Å². The molecule has 0 fully saturated rings. The number of amides is 1. The molecule has 5 rings (SSSR count). The minimum atomic E-state index is -0.571. The van der Waals surface area contributed by atoms with Crippen LogP contribution in [0.4, 0.5) is 5.69 Å². The van der Waals surface area contributed by atoms with Crippen molar-refractivity contribution in [3.05, 3.63) is 111 Å². The van der Waals surface area contributed by atoms with Crippen LogP contribution in [0, 0.1) is 0 Å². The Kier molecular flexibility index (Phi) is 8.75. The summed E-state index contributed by atoms with van der Waals surface area (Å²) in [6.45, 7) is 0. The molecule has 0 unspecified atom stereocenters. The van der Waals surface area contributed by atoms with E-state index in [9.17, 15) is 9.59 Å². The van der Waals surface area contributed by atoms with Crippen LogP contribution < -0.4 is 19.8 Å². The van der Waals surface area contributed by atoms with Crippen molar-refractivity contribution >= 4 is 66.5 Å². The molecule has 1 amide bonds. The van der Waals surface area contributed by atoms with Gasteiger partial charge in [-0.15, -0.1) is 0 Å². The van der Waals surface area contributed by atoms with Gasteiger partial charge >= 0.3 is 5.97 Å². The van der Waals surface area contributed by atoms with Gasteiger partial charge in [0.2, 0.25) is 0 Å². The van der Waals surface area contributed by atoms with Crippen molar-refractivity contribution in [3.63, 3.8) is 0 Å². The van der Waals surface area contributed by atoms with E-state index in [2.05, 4.69) is 53.4 Å². The van der Waals surface area contributed by atoms with Crippen LogP contribution in [0.1, 0.15) is 26.4 Å². The number of aromatic nitrogens is 1. The molecule has 4 aromatic carbocycles. The smallest absolute Gasteiger partial charge is 0.343 e. The van der Waals surface area contributed by atoms with Crippen molar-refractivity contribution in [1.29, 1.82) is 0 Å². The van der Waals surface area contributed by atoms with Gasteiger partial charge in [0, 0.05) is 46.3 Å². The molecule has 0 aliphatic rings. The van der Waals surface area contributed by atoms with Crippen LogP contribution in [0.15, 0.2) is 99.0 Å². The molecule has 0 saturated heterocycles. The summed E-state index contributed by atoms with van der Waals surface area (Å²) in [5.74, 6) is -0.209. The number of anilines is 1. The normalized spacial score (nSPS) is 11.1. The SMILES string of the molecule is COc1cccc(C(=O)Oc2c(Br)cc(Br)cc2C=NNC(=O)c2[nH]c3ccc(N(C)C)cc3c2-c2ccccc2)c1. The third-order valence-electron chi connectivity index (χ3n) is 6.50. The van der Waals surface area contributed by atoms with Crippen LogP contribution in [0.25, 0.3) is 22.0 Å². The first-order valence-corrected chi connectivity index (χ1v) is 14.4. The highest BCUT2D eigenvalue weighted by Gasteiger charge is 2.20. The Morgan fingerprint density at radius 2 is 1.74 bits per heavy atom. The third kappa shape index (κ3) is 6.24. The van der Waals surface area contributed by atoms with Crippen molar-refractivity contribution in [2.45, 2.75) is 0 Å². The van der Waals surface area contributed by atoms with E-state index in [0.717, 1.165) is 32.2 Å². The van der Waals surface area contributed by atoms with E-state index in [1.165, 1.54) is 13.3 Å². The molecule has 1 aromatic heterocycles. The number of hydrazone groups is 1. The Labute approximate surface area is 259 Å². The maximum Gasteiger partial charge on any atom is 0.343 e. The lowest BCUT2D eigenvalue weighted by atomic mass is 10.0. The van der Waals surface area contributed by atoms with Gasteiger partial charge in [-0.05, 0) is 70.0 Å². The number of rotatable bonds is 8. The molecular weight excluding hydrogens is 664 g/mol. The van der Waals surface area contributed by atoms with E-state index in [4.69, 9.17) is 9.47 Å². The Morgan fingerprint density at radius 1 is 0.952 bits per heavy atom. The summed E-state index contributed by atoms with van der Waals surface area (Å²) in [5.41, 5.74) is 7.31. The summed E-state index contributed by atoms with van der Waals surface area (Å²) in [4.78, 5) is 31.7. The number of carbonyl (C=O) groups excluding carboxylic acids is 2. The number of carbonyl (C=O) groups is 2. The average Bonchev–Trinajstić information content (AvgIpc) is 3.38. The second-order valence-electron chi connectivity index (χ2n) is 9.49. The quantitative estimate of drug-likeness (QED) is 0.0766. The van der Waals surface area contributed by atoms with Crippen LogP contribution in [0.3, 0.4) is 0 Å². The predicted octanol–water partition coefficient (Wildman–Crippen LogP) is 7.42. The van der Waals surface area contributed by atoms with Crippen molar-refractivity contribution in [2.75, 3.05) is 26.1 Å². The fourth-order valence-corrected chi connectivity index (χ4v) is 5.77. The van der Waals surface area contributed by atoms with Crippen LogP contribution in [0.2, 0.25) is 0 Å². The van der Waals surface area contributed by atoms with E-state index in [1.54, 1.807) is 36.4 Å². The number of methoxy groups -OCH3 is 1. The largest absolute Gasteiger partial charge is 0.497 e. The molecule has 8 nitrogen and oxygen atoms in total. The zero-order valence-corrected chi connectivity index (χ0v) is 26.1. The van der Waals surface area contributed by atoms with E-state index >= 15 is 0 Å². The number of nitrogens with zero attached hydrogens (tertiary/aromatic N) is 2. The molecule has 0 radical (unpaired) electrons. The van der Waals surface area contributed by atoms with E-state index in [1.807, 2.05) is 61.5 Å². The molecule has 5 aromatic rings. The number of aromatic amines is 1. The molecule has 10 heteroatoms. The average molecular weight is 690 g/mol. The van der Waals surface area contributed by atoms with Gasteiger partial charge in [0.05, 0.1) is 23.4 Å². The first-order valence-electron chi connectivity index (χ1n) is 12.8. The highest BCUT2D eigenvalue weighted by Crippen LogP contribution is 2.35. The number of H-pyrrole nitrogens is 1. The van der Waals surface area contributed by atoms with Gasteiger partial charge in [0.1, 0.15) is 11.4 Å². The molecule has 0 atom stereocenters. The lowest BCUT2D eigenvalue weighted by molar-refractivity contribution is 0.0732. The van der Waals surface area contributed by atoms with Gasteiger partial charge in [0.15, 0.2) is 5.75 Å². The monoisotopic (exact) mass is 688 g/mol. The fourth-order valence-electron chi connectivity index (χ4n) is 4.43. The van der Waals surface area contributed by atoms with Crippen molar-refractivity contribution in [3.8, 4) is 22.6 Å². The summed E-state index contributed by atoms with van der Waals surface area (Å²) < 4.78 is 12.2. The number of halogens is 2. The second-order valence-corrected chi connectivity index (χ2v) is 11.3. The first-order chi connectivity index (χ1) is 20.2. The minimum absolute atomic E-state index is 0.246. The zero-order chi connectivity index (χ0) is 29.8. The summed E-state index contributed by atoms with van der Waals surface area (Å²) in [6.07, 6.45) is 1.43. The lowest BCUT2D eigenvalue weighted by Gasteiger charge is -2.12. The van der Waals surface area contributed by atoms with Crippen molar-refractivity contribution in [2.24, 2.45) is 5.10 Å². The molecular formula is C32H26Br2N4O4. The third-order valence-corrected chi connectivity index (χ3v) is 7.54. The van der Waals surface area contributed by atoms with Crippen LogP contribution >= 0.6 is 31.9 Å². The van der Waals surface area contributed by atoms with E-state index < -0.39 is 11.9 Å². The Balaban J connectivity index is 1.45. The van der Waals surface area contributed by atoms with Gasteiger partial charge in [-0.3, -0.25) is 4.79 Å². The zero-order valence-electron chi connectivity index (χ0n) is 22.9. The Bertz CT molecular complexity index is 1820. The Hall–Kier alpha value is -4.41. The highest BCUT2D eigenvalue weighted by atomic mass is 79.9. The van der Waals surface area contributed by atoms with Gasteiger partial charge in [-0.25, -0.2) is 10.2 Å². The van der Waals surface area contributed by atoms with Crippen molar-refractivity contribution in [1.82, 2.24) is 10.4 Å². The lowest BCUT2D eigenvalue weighted by Crippen LogP contribution is -2.19. The standard InChI is InChI=1S/C32H26Br2N4O4/c1-38(2)23-12-13-27-25(17-23)28(19-8-5-4-6-9-19)29(36-27)31(39)37-35-18-21-14-22(33)16-26(34)30(21)42-32(40)20-10-7-11-24(15-20)41-3/h4-18,36H,1-3H3,(H,37,39). The summed E-state index contributed by atoms with van der Waals surface area (Å²) in [7, 11) is 5.47. The van der Waals surface area contributed by atoms with Gasteiger partial charge in [0.25, 0.3) is 5.91 Å². The molecule has 0 aliphatic heterocycles. The fraction of sp³-hybridized carbons (Fsp3) is 0.0938. The molecule has 0 aliphatic carbocycles. The molecule has 0 bridgehead atoms. The highest BCUT2D eigenvalue weighted by molar-refractivity contribution is 9.11. The van der Waals surface area contributed by atoms with Crippen LogP contribution in [-0.4, -0.2) is 44.3 Å². The predicted molar refractivity (Wildman–Crippen MR) is 173 cm³/mol. The Morgan fingerprint density at radius 3 is 2.48 bits per heavy atom. The summed E-state index contributed by atoms with van der Waals surface area (Å²) >= 11 is 6.93. The number of esters is 1. The molecule has 1 heterocycles. The number of fused-ring (bicyclic) bond motifs is 1. The van der Waals surface area contributed by atoms with E-state index in [0.29, 0.717) is 27.0 Å². The number of hydrogen-bond acceptors (Lipinski definition) is 6. The van der Waals surface area contributed by atoms with Gasteiger partial charge in [-0.1, -0.05) is 52.3 Å². The summed E-state index contributed by atoms with van der Waals surface area (Å²) in [6, 6.07) is 25.9. The first kappa shape index (κ1) is 29.1. The second kappa shape index (κ2) is 12.6. The maximum atomic E-state index is 13.5. The molecule has 42 heavy (non-hydrogen) atoms. The van der Waals surface area contributed by atoms with Crippen molar-refractivity contribution < 1.29 is 19.1 Å². The van der Waals surface area contributed by atoms with E-state index in [-0.39, 0.29) is 5.75 Å².